The Hall–Kier alpha value is -3.02. The number of aryl methyl sites for hydroxylation is 1. The van der Waals surface area contributed by atoms with E-state index < -0.39 is 8.07 Å². The van der Waals surface area contributed by atoms with Gasteiger partial charge in [-0.3, -0.25) is 9.20 Å². The minimum absolute atomic E-state index is 0.0382. The molecule has 0 unspecified atom stereocenters. The first-order valence-electron chi connectivity index (χ1n) is 12.3. The van der Waals surface area contributed by atoms with Crippen LogP contribution < -0.4 is 5.32 Å². The normalized spacial score (nSPS) is 11.8. The lowest BCUT2D eigenvalue weighted by atomic mass is 10.3. The average molecular weight is 526 g/mol. The highest BCUT2D eigenvalue weighted by Crippen LogP contribution is 2.29. The van der Waals surface area contributed by atoms with Crippen LogP contribution in [0.1, 0.15) is 29.9 Å². The fourth-order valence-electron chi connectivity index (χ4n) is 3.83. The molecule has 192 valence electrons. The fraction of sp³-hybridized carbons (Fsp3) is 0.440. The highest BCUT2D eigenvalue weighted by molar-refractivity contribution is 7.14. The summed E-state index contributed by atoms with van der Waals surface area (Å²) < 4.78 is 9.67. The van der Waals surface area contributed by atoms with Crippen LogP contribution in [0.2, 0.25) is 25.7 Å². The molecule has 0 aliphatic rings. The number of imidazole rings is 1. The van der Waals surface area contributed by atoms with E-state index in [1.807, 2.05) is 71.0 Å². The summed E-state index contributed by atoms with van der Waals surface area (Å²) in [5.74, 6) is 0.684. The molecule has 0 radical (unpaired) electrons. The van der Waals surface area contributed by atoms with Gasteiger partial charge in [-0.05, 0) is 32.9 Å². The Morgan fingerprint density at radius 3 is 2.69 bits per heavy atom. The number of carbonyl (C=O) groups excluding carboxylic acids is 1. The third-order valence-corrected chi connectivity index (χ3v) is 8.45. The number of anilines is 2. The molecule has 0 atom stereocenters. The number of ether oxygens (including phenoxy) is 1. The zero-order valence-corrected chi connectivity index (χ0v) is 23.7. The molecule has 4 heterocycles. The van der Waals surface area contributed by atoms with Crippen LogP contribution in [-0.4, -0.2) is 62.7 Å². The van der Waals surface area contributed by atoms with Crippen molar-refractivity contribution >= 4 is 41.8 Å². The molecule has 4 aromatic heterocycles. The molecule has 4 rings (SSSR count). The third kappa shape index (κ3) is 6.02. The summed E-state index contributed by atoms with van der Waals surface area (Å²) >= 11 is 1.48. The maximum atomic E-state index is 12.7. The first-order valence-corrected chi connectivity index (χ1v) is 16.9. The van der Waals surface area contributed by atoms with E-state index in [4.69, 9.17) is 4.74 Å². The lowest BCUT2D eigenvalue weighted by molar-refractivity contribution is 0.0773. The van der Waals surface area contributed by atoms with E-state index in [9.17, 15) is 4.79 Å². The molecule has 0 saturated heterocycles. The van der Waals surface area contributed by atoms with Crippen molar-refractivity contribution in [1.82, 2.24) is 29.0 Å². The van der Waals surface area contributed by atoms with E-state index in [0.29, 0.717) is 36.8 Å². The van der Waals surface area contributed by atoms with E-state index in [2.05, 4.69) is 40.0 Å². The van der Waals surface area contributed by atoms with Crippen LogP contribution in [-0.2, 0) is 11.5 Å². The van der Waals surface area contributed by atoms with Gasteiger partial charge in [-0.2, -0.15) is 5.10 Å². The third-order valence-electron chi connectivity index (χ3n) is 5.90. The van der Waals surface area contributed by atoms with Gasteiger partial charge in [-0.15, -0.1) is 11.3 Å². The SMILES string of the molecule is CCN(CC)C(=O)c1csc(Nc2nc(C)cn3c(-c4cnn(COCC[Si](C)(C)C)c4)cnc23)c1. The molecule has 11 heteroatoms. The molecule has 0 saturated carbocycles. The second kappa shape index (κ2) is 10.9. The number of carbonyl (C=O) groups is 1. The number of fused-ring (bicyclic) bond motifs is 1. The van der Waals surface area contributed by atoms with Gasteiger partial charge in [-0.25, -0.2) is 14.6 Å². The van der Waals surface area contributed by atoms with E-state index in [-0.39, 0.29) is 5.91 Å². The predicted octanol–water partition coefficient (Wildman–Crippen LogP) is 5.50. The number of nitrogens with zero attached hydrogens (tertiary/aromatic N) is 6. The van der Waals surface area contributed by atoms with Crippen molar-refractivity contribution in [2.75, 3.05) is 25.0 Å². The molecule has 0 fully saturated rings. The Morgan fingerprint density at radius 1 is 1.19 bits per heavy atom. The summed E-state index contributed by atoms with van der Waals surface area (Å²) in [6.45, 7) is 15.5. The molecule has 0 aromatic carbocycles. The second-order valence-corrected chi connectivity index (χ2v) is 16.5. The number of aromatic nitrogens is 5. The number of rotatable bonds is 11. The van der Waals surface area contributed by atoms with E-state index >= 15 is 0 Å². The van der Waals surface area contributed by atoms with Gasteiger partial charge in [-0.1, -0.05) is 19.6 Å². The molecular formula is C25H35N7O2SSi. The van der Waals surface area contributed by atoms with Gasteiger partial charge in [0.05, 0.1) is 34.3 Å². The zero-order valence-electron chi connectivity index (χ0n) is 21.9. The molecule has 0 aliphatic carbocycles. The molecule has 1 amide bonds. The van der Waals surface area contributed by atoms with Crippen LogP contribution in [0, 0.1) is 6.92 Å². The van der Waals surface area contributed by atoms with Gasteiger partial charge in [0.25, 0.3) is 5.91 Å². The van der Waals surface area contributed by atoms with Crippen molar-refractivity contribution in [3.8, 4) is 11.3 Å². The maximum absolute atomic E-state index is 12.7. The van der Waals surface area contributed by atoms with Gasteiger partial charge < -0.3 is 15.0 Å². The fourth-order valence-corrected chi connectivity index (χ4v) is 5.36. The van der Waals surface area contributed by atoms with Crippen LogP contribution >= 0.6 is 11.3 Å². The molecule has 0 spiro atoms. The topological polar surface area (TPSA) is 89.6 Å². The average Bonchev–Trinajstić information content (AvgIpc) is 3.56. The van der Waals surface area contributed by atoms with Gasteiger partial charge in [0.1, 0.15) is 6.73 Å². The van der Waals surface area contributed by atoms with Gasteiger partial charge in [0.2, 0.25) is 0 Å². The second-order valence-electron chi connectivity index (χ2n) is 9.99. The minimum atomic E-state index is -1.11. The number of hydrogen-bond donors (Lipinski definition) is 1. The van der Waals surface area contributed by atoms with E-state index in [1.54, 1.807) is 0 Å². The minimum Gasteiger partial charge on any atom is -0.360 e. The Labute approximate surface area is 217 Å². The van der Waals surface area contributed by atoms with Crippen LogP contribution in [0.4, 0.5) is 10.8 Å². The van der Waals surface area contributed by atoms with E-state index in [1.165, 1.54) is 11.3 Å². The van der Waals surface area contributed by atoms with Crippen molar-refractivity contribution in [2.24, 2.45) is 0 Å². The Balaban J connectivity index is 1.52. The Kier molecular flexibility index (Phi) is 7.91. The van der Waals surface area contributed by atoms with Crippen molar-refractivity contribution in [3.05, 3.63) is 47.5 Å². The van der Waals surface area contributed by atoms with Crippen molar-refractivity contribution < 1.29 is 9.53 Å². The summed E-state index contributed by atoms with van der Waals surface area (Å²) in [4.78, 5) is 23.8. The standard InChI is InChI=1S/C25H35N7O2SSi/c1-7-30(8-2)25(33)19-11-22(35-16-19)29-23-24-26-13-21(32(24)14-18(3)28-23)20-12-27-31(15-20)17-34-9-10-36(4,5)6/h11-16H,7-10,17H2,1-6H3,(H,28,29). The summed E-state index contributed by atoms with van der Waals surface area (Å²) in [6, 6.07) is 3.01. The number of hydrogen-bond acceptors (Lipinski definition) is 7. The van der Waals surface area contributed by atoms with E-state index in [0.717, 1.165) is 34.6 Å². The summed E-state index contributed by atoms with van der Waals surface area (Å²) in [7, 11) is -1.11. The van der Waals surface area contributed by atoms with Crippen LogP contribution in [0.25, 0.3) is 16.9 Å². The van der Waals surface area contributed by atoms with Crippen LogP contribution in [0.5, 0.6) is 0 Å². The van der Waals surface area contributed by atoms with Crippen molar-refractivity contribution in [3.63, 3.8) is 0 Å². The van der Waals surface area contributed by atoms with Crippen molar-refractivity contribution in [1.29, 1.82) is 0 Å². The molecule has 1 N–H and O–H groups in total. The van der Waals surface area contributed by atoms with Crippen LogP contribution in [0.15, 0.2) is 36.2 Å². The monoisotopic (exact) mass is 525 g/mol. The lowest BCUT2D eigenvalue weighted by Crippen LogP contribution is -2.30. The number of thiophene rings is 1. The first kappa shape index (κ1) is 26.1. The molecule has 9 nitrogen and oxygen atoms in total. The number of amides is 1. The smallest absolute Gasteiger partial charge is 0.254 e. The molecule has 0 aliphatic heterocycles. The molecular weight excluding hydrogens is 490 g/mol. The van der Waals surface area contributed by atoms with Crippen molar-refractivity contribution in [2.45, 2.75) is 53.2 Å². The number of nitrogens with one attached hydrogen (secondary N) is 1. The summed E-state index contributed by atoms with van der Waals surface area (Å²) in [5.41, 5.74) is 4.12. The maximum Gasteiger partial charge on any atom is 0.254 e. The zero-order chi connectivity index (χ0) is 25.9. The molecule has 36 heavy (non-hydrogen) atoms. The summed E-state index contributed by atoms with van der Waals surface area (Å²) in [6.07, 6.45) is 7.61. The Morgan fingerprint density at radius 2 is 1.97 bits per heavy atom. The van der Waals surface area contributed by atoms with Gasteiger partial charge >= 0.3 is 0 Å². The lowest BCUT2D eigenvalue weighted by Gasteiger charge is -2.17. The summed E-state index contributed by atoms with van der Waals surface area (Å²) in [5, 5.41) is 10.6. The van der Waals surface area contributed by atoms with Gasteiger partial charge in [0, 0.05) is 51.1 Å². The highest BCUT2D eigenvalue weighted by atomic mass is 32.1. The predicted molar refractivity (Wildman–Crippen MR) is 148 cm³/mol. The molecule has 0 bridgehead atoms. The Bertz CT molecular complexity index is 1330. The first-order chi connectivity index (χ1) is 17.2. The van der Waals surface area contributed by atoms with Gasteiger partial charge in [0.15, 0.2) is 11.5 Å². The largest absolute Gasteiger partial charge is 0.360 e. The highest BCUT2D eigenvalue weighted by Gasteiger charge is 2.17. The van der Waals surface area contributed by atoms with Crippen LogP contribution in [0.3, 0.4) is 0 Å². The quantitative estimate of drug-likeness (QED) is 0.205. The molecule has 4 aromatic rings.